The van der Waals surface area contributed by atoms with Crippen molar-refractivity contribution in [1.82, 2.24) is 5.32 Å². The smallest absolute Gasteiger partial charge is 0.249 e. The Morgan fingerprint density at radius 1 is 0.490 bits per heavy atom. The van der Waals surface area contributed by atoms with Gasteiger partial charge in [0.05, 0.1) is 18.8 Å². The summed E-state index contributed by atoms with van der Waals surface area (Å²) in [6.07, 6.45) is 49.9. The quantitative estimate of drug-likeness (QED) is 0.0386. The van der Waals surface area contributed by atoms with Gasteiger partial charge in [0.1, 0.15) is 6.10 Å². The predicted octanol–water partition coefficient (Wildman–Crippen LogP) is 11.8. The van der Waals surface area contributed by atoms with Gasteiger partial charge in [0, 0.05) is 0 Å². The van der Waals surface area contributed by atoms with Crippen LogP contribution < -0.4 is 5.32 Å². The number of carbonyl (C=O) groups excluding carboxylic acids is 1. The first-order valence-corrected chi connectivity index (χ1v) is 21.0. The van der Waals surface area contributed by atoms with E-state index in [1.54, 1.807) is 6.08 Å². The van der Waals surface area contributed by atoms with E-state index in [0.29, 0.717) is 6.42 Å². The summed E-state index contributed by atoms with van der Waals surface area (Å²) in [5, 5.41) is 33.0. The number of carbonyl (C=O) groups is 1. The molecule has 0 aromatic carbocycles. The van der Waals surface area contributed by atoms with Crippen molar-refractivity contribution in [3.05, 3.63) is 48.6 Å². The van der Waals surface area contributed by atoms with Crippen LogP contribution in [-0.4, -0.2) is 46.1 Å². The molecule has 0 aliphatic carbocycles. The van der Waals surface area contributed by atoms with Crippen molar-refractivity contribution >= 4 is 5.91 Å². The molecule has 0 bridgehead atoms. The molecule has 3 atom stereocenters. The Hall–Kier alpha value is -1.69. The summed E-state index contributed by atoms with van der Waals surface area (Å²) in [5.41, 5.74) is 0. The molecule has 0 fully saturated rings. The maximum Gasteiger partial charge on any atom is 0.249 e. The SMILES string of the molecule is CCCCCCCC/C=C/CC/C=C/CC/C=C/C(O)C(CO)NC(=O)C(O)CCCCCCCC/C=C\CCCCCCCCCCC. The Bertz CT molecular complexity index is 805. The maximum atomic E-state index is 12.4. The van der Waals surface area contributed by atoms with E-state index in [2.05, 4.69) is 55.6 Å². The van der Waals surface area contributed by atoms with E-state index in [1.807, 2.05) is 6.08 Å². The largest absolute Gasteiger partial charge is 0.394 e. The molecule has 0 rings (SSSR count). The van der Waals surface area contributed by atoms with Crippen LogP contribution >= 0.6 is 0 Å². The Kier molecular flexibility index (Phi) is 37.8. The summed E-state index contributed by atoms with van der Waals surface area (Å²) in [5.74, 6) is -0.523. The van der Waals surface area contributed by atoms with Crippen LogP contribution in [0.25, 0.3) is 0 Å². The monoisotopic (exact) mass is 688 g/mol. The van der Waals surface area contributed by atoms with Crippen molar-refractivity contribution in [2.75, 3.05) is 6.61 Å². The van der Waals surface area contributed by atoms with Gasteiger partial charge in [0.25, 0.3) is 0 Å². The molecule has 286 valence electrons. The molecule has 0 heterocycles. The average Bonchev–Trinajstić information content (AvgIpc) is 3.11. The van der Waals surface area contributed by atoms with Gasteiger partial charge in [0.2, 0.25) is 5.91 Å². The van der Waals surface area contributed by atoms with Gasteiger partial charge in [-0.25, -0.2) is 0 Å². The highest BCUT2D eigenvalue weighted by Crippen LogP contribution is 2.13. The van der Waals surface area contributed by atoms with Crippen molar-refractivity contribution in [2.45, 2.75) is 218 Å². The number of rotatable bonds is 37. The van der Waals surface area contributed by atoms with Crippen molar-refractivity contribution in [1.29, 1.82) is 0 Å². The molecule has 3 unspecified atom stereocenters. The standard InChI is InChI=1S/C44H81NO4/c1-3-5-7-9-11-13-15-17-19-21-22-23-25-27-29-31-33-35-37-39-43(48)44(49)45-41(40-46)42(47)38-36-34-32-30-28-26-24-20-18-16-14-12-10-8-6-4-2/h18,20,22-23,28,30,36,38,41-43,46-48H,3-17,19,21,24-27,29,31-35,37,39-40H2,1-2H3,(H,45,49)/b20-18+,23-22-,30-28+,38-36+. The van der Waals surface area contributed by atoms with E-state index in [0.717, 1.165) is 51.4 Å². The van der Waals surface area contributed by atoms with E-state index in [-0.39, 0.29) is 6.61 Å². The minimum absolute atomic E-state index is 0.384. The van der Waals surface area contributed by atoms with Crippen LogP contribution in [0.1, 0.15) is 200 Å². The van der Waals surface area contributed by atoms with Gasteiger partial charge in [0.15, 0.2) is 0 Å². The molecule has 0 aliphatic heterocycles. The summed E-state index contributed by atoms with van der Waals surface area (Å²) in [6.45, 7) is 4.14. The van der Waals surface area contributed by atoms with E-state index >= 15 is 0 Å². The molecule has 0 aromatic rings. The molecular weight excluding hydrogens is 606 g/mol. The lowest BCUT2D eigenvalue weighted by molar-refractivity contribution is -0.131. The molecule has 0 aromatic heterocycles. The molecule has 1 amide bonds. The maximum absolute atomic E-state index is 12.4. The van der Waals surface area contributed by atoms with E-state index in [9.17, 15) is 20.1 Å². The molecule has 49 heavy (non-hydrogen) atoms. The lowest BCUT2D eigenvalue weighted by atomic mass is 10.0. The molecular formula is C44H81NO4. The normalized spacial score (nSPS) is 14.1. The van der Waals surface area contributed by atoms with Crippen LogP contribution in [0.4, 0.5) is 0 Å². The number of aliphatic hydroxyl groups is 3. The molecule has 0 aliphatic rings. The molecule has 0 spiro atoms. The number of nitrogens with one attached hydrogen (secondary N) is 1. The van der Waals surface area contributed by atoms with Crippen molar-refractivity contribution in [3.8, 4) is 0 Å². The third-order valence-electron chi connectivity index (χ3n) is 9.37. The first kappa shape index (κ1) is 47.3. The van der Waals surface area contributed by atoms with E-state index < -0.39 is 24.2 Å². The predicted molar refractivity (Wildman–Crippen MR) is 213 cm³/mol. The second kappa shape index (κ2) is 39.1. The average molecular weight is 688 g/mol. The highest BCUT2D eigenvalue weighted by Gasteiger charge is 2.22. The lowest BCUT2D eigenvalue weighted by Gasteiger charge is -2.21. The van der Waals surface area contributed by atoms with Crippen molar-refractivity contribution < 1.29 is 20.1 Å². The highest BCUT2D eigenvalue weighted by atomic mass is 16.3. The first-order chi connectivity index (χ1) is 24.1. The zero-order valence-electron chi connectivity index (χ0n) is 32.3. The summed E-state index contributed by atoms with van der Waals surface area (Å²) < 4.78 is 0. The van der Waals surface area contributed by atoms with Crippen molar-refractivity contribution in [3.63, 3.8) is 0 Å². The Labute approximate surface area is 304 Å². The van der Waals surface area contributed by atoms with Crippen LogP contribution in [0.2, 0.25) is 0 Å². The number of hydrogen-bond donors (Lipinski definition) is 4. The number of aliphatic hydroxyl groups excluding tert-OH is 3. The fourth-order valence-electron chi connectivity index (χ4n) is 6.03. The van der Waals surface area contributed by atoms with Gasteiger partial charge in [-0.3, -0.25) is 4.79 Å². The van der Waals surface area contributed by atoms with Crippen LogP contribution in [0.15, 0.2) is 48.6 Å². The molecule has 0 saturated carbocycles. The first-order valence-electron chi connectivity index (χ1n) is 21.0. The number of hydrogen-bond acceptors (Lipinski definition) is 4. The number of allylic oxidation sites excluding steroid dienone is 7. The zero-order chi connectivity index (χ0) is 35.9. The van der Waals surface area contributed by atoms with Crippen LogP contribution in [0, 0.1) is 0 Å². The minimum atomic E-state index is -1.11. The van der Waals surface area contributed by atoms with Gasteiger partial charge in [-0.05, 0) is 70.6 Å². The van der Waals surface area contributed by atoms with Gasteiger partial charge < -0.3 is 20.6 Å². The topological polar surface area (TPSA) is 89.8 Å². The third kappa shape index (κ3) is 34.5. The zero-order valence-corrected chi connectivity index (χ0v) is 32.3. The minimum Gasteiger partial charge on any atom is -0.394 e. The second-order valence-corrected chi connectivity index (χ2v) is 14.2. The highest BCUT2D eigenvalue weighted by molar-refractivity contribution is 5.80. The van der Waals surface area contributed by atoms with Crippen LogP contribution in [0.3, 0.4) is 0 Å². The molecule has 0 saturated heterocycles. The second-order valence-electron chi connectivity index (χ2n) is 14.2. The summed E-state index contributed by atoms with van der Waals surface area (Å²) in [6, 6.07) is -0.823. The van der Waals surface area contributed by atoms with Crippen LogP contribution in [0.5, 0.6) is 0 Å². The van der Waals surface area contributed by atoms with E-state index in [1.165, 1.54) is 128 Å². The Morgan fingerprint density at radius 3 is 1.24 bits per heavy atom. The summed E-state index contributed by atoms with van der Waals surface area (Å²) in [4.78, 5) is 12.4. The Morgan fingerprint density at radius 2 is 0.837 bits per heavy atom. The molecule has 5 nitrogen and oxygen atoms in total. The van der Waals surface area contributed by atoms with Gasteiger partial charge in [-0.1, -0.05) is 178 Å². The van der Waals surface area contributed by atoms with Gasteiger partial charge >= 0.3 is 0 Å². The van der Waals surface area contributed by atoms with Gasteiger partial charge in [-0.2, -0.15) is 0 Å². The van der Waals surface area contributed by atoms with Crippen LogP contribution in [-0.2, 0) is 4.79 Å². The fourth-order valence-corrected chi connectivity index (χ4v) is 6.03. The van der Waals surface area contributed by atoms with Gasteiger partial charge in [-0.15, -0.1) is 0 Å². The molecule has 4 N–H and O–H groups in total. The molecule has 5 heteroatoms. The fraction of sp³-hybridized carbons (Fsp3) is 0.795. The number of unbranched alkanes of at least 4 members (excludes halogenated alkanes) is 23. The molecule has 0 radical (unpaired) electrons. The van der Waals surface area contributed by atoms with E-state index in [4.69, 9.17) is 0 Å². The summed E-state index contributed by atoms with van der Waals surface area (Å²) in [7, 11) is 0. The number of amides is 1. The third-order valence-corrected chi connectivity index (χ3v) is 9.37. The summed E-state index contributed by atoms with van der Waals surface area (Å²) >= 11 is 0. The Balaban J connectivity index is 3.78. The lowest BCUT2D eigenvalue weighted by Crippen LogP contribution is -2.48. The van der Waals surface area contributed by atoms with Crippen molar-refractivity contribution in [2.24, 2.45) is 0 Å².